The van der Waals surface area contributed by atoms with Crippen molar-refractivity contribution >= 4 is 42.8 Å². The number of halogens is 1. The van der Waals surface area contributed by atoms with Gasteiger partial charge in [-0.3, -0.25) is 4.31 Å². The van der Waals surface area contributed by atoms with Crippen molar-refractivity contribution in [1.29, 1.82) is 0 Å². The molecule has 0 saturated carbocycles. The highest BCUT2D eigenvalue weighted by molar-refractivity contribution is 7.93. The van der Waals surface area contributed by atoms with E-state index in [2.05, 4.69) is 0 Å². The van der Waals surface area contributed by atoms with Gasteiger partial charge in [-0.1, -0.05) is 11.6 Å². The van der Waals surface area contributed by atoms with Crippen molar-refractivity contribution in [3.05, 3.63) is 53.6 Å². The lowest BCUT2D eigenvalue weighted by atomic mass is 10.2. The van der Waals surface area contributed by atoms with E-state index in [1.165, 1.54) is 48.5 Å². The zero-order valence-corrected chi connectivity index (χ0v) is 15.9. The molecule has 10 heteroatoms. The molecule has 0 radical (unpaired) electrons. The Morgan fingerprint density at radius 1 is 1.04 bits per heavy atom. The van der Waals surface area contributed by atoms with E-state index < -0.39 is 43.5 Å². The standard InChI is InChI=1S/C16H17ClN2O5S2/c17-11-1-7-14(8-2-11)26(23,24)19(13-5-3-12(18)4-6-13)15-9-25(21,22)10-16(15)20/h1-8,15-16,20H,9-10,18H2/t15-,16+/m1/s1. The predicted octanol–water partition coefficient (Wildman–Crippen LogP) is 1.28. The quantitative estimate of drug-likeness (QED) is 0.725. The van der Waals surface area contributed by atoms with Gasteiger partial charge in [0.15, 0.2) is 9.84 Å². The van der Waals surface area contributed by atoms with Gasteiger partial charge in [-0.05, 0) is 48.5 Å². The Bertz CT molecular complexity index is 1010. The molecule has 0 spiro atoms. The number of hydrogen-bond donors (Lipinski definition) is 2. The Morgan fingerprint density at radius 3 is 2.12 bits per heavy atom. The number of nitrogens with two attached hydrogens (primary N) is 1. The molecule has 26 heavy (non-hydrogen) atoms. The molecule has 0 aromatic heterocycles. The molecule has 7 nitrogen and oxygen atoms in total. The van der Waals surface area contributed by atoms with Crippen molar-refractivity contribution < 1.29 is 21.9 Å². The molecule has 0 amide bonds. The van der Waals surface area contributed by atoms with Crippen LogP contribution in [0.2, 0.25) is 5.02 Å². The lowest BCUT2D eigenvalue weighted by molar-refractivity contribution is 0.184. The summed E-state index contributed by atoms with van der Waals surface area (Å²) in [5, 5.41) is 10.6. The number of rotatable bonds is 4. The second-order valence-electron chi connectivity index (χ2n) is 6.06. The fourth-order valence-corrected chi connectivity index (χ4v) is 6.55. The van der Waals surface area contributed by atoms with Gasteiger partial charge in [-0.15, -0.1) is 0 Å². The normalized spacial score (nSPS) is 22.2. The molecule has 1 saturated heterocycles. The number of hydrogen-bond acceptors (Lipinski definition) is 6. The maximum Gasteiger partial charge on any atom is 0.264 e. The number of nitrogens with zero attached hydrogens (tertiary/aromatic N) is 1. The first kappa shape index (κ1) is 19.0. The zero-order chi connectivity index (χ0) is 19.1. The van der Waals surface area contributed by atoms with Crippen LogP contribution in [0, 0.1) is 0 Å². The van der Waals surface area contributed by atoms with Gasteiger partial charge in [0.2, 0.25) is 0 Å². The molecule has 0 aliphatic carbocycles. The molecule has 1 heterocycles. The maximum atomic E-state index is 13.2. The van der Waals surface area contributed by atoms with E-state index in [9.17, 15) is 21.9 Å². The Balaban J connectivity index is 2.14. The van der Waals surface area contributed by atoms with E-state index in [0.29, 0.717) is 10.7 Å². The van der Waals surface area contributed by atoms with Crippen molar-refractivity contribution in [3.8, 4) is 0 Å². The van der Waals surface area contributed by atoms with Crippen molar-refractivity contribution in [2.45, 2.75) is 17.0 Å². The minimum absolute atomic E-state index is 0.0600. The summed E-state index contributed by atoms with van der Waals surface area (Å²) in [4.78, 5) is -0.0600. The number of sulfone groups is 1. The van der Waals surface area contributed by atoms with E-state index in [1.807, 2.05) is 0 Å². The number of nitrogen functional groups attached to an aromatic ring is 1. The third-order valence-corrected chi connectivity index (χ3v) is 7.93. The van der Waals surface area contributed by atoms with Crippen LogP contribution >= 0.6 is 11.6 Å². The molecule has 1 aliphatic rings. The highest BCUT2D eigenvalue weighted by Gasteiger charge is 2.45. The maximum absolute atomic E-state index is 13.2. The van der Waals surface area contributed by atoms with Gasteiger partial charge in [-0.25, -0.2) is 16.8 Å². The van der Waals surface area contributed by atoms with E-state index in [4.69, 9.17) is 17.3 Å². The molecule has 0 unspecified atom stereocenters. The Labute approximate surface area is 157 Å². The van der Waals surface area contributed by atoms with E-state index in [0.717, 1.165) is 4.31 Å². The van der Waals surface area contributed by atoms with Crippen LogP contribution in [0.3, 0.4) is 0 Å². The number of benzene rings is 2. The van der Waals surface area contributed by atoms with Gasteiger partial charge in [0.1, 0.15) is 0 Å². The largest absolute Gasteiger partial charge is 0.399 e. The van der Waals surface area contributed by atoms with Crippen LogP contribution in [0.25, 0.3) is 0 Å². The van der Waals surface area contributed by atoms with Crippen molar-refractivity contribution in [2.75, 3.05) is 21.5 Å². The minimum atomic E-state index is -4.14. The van der Waals surface area contributed by atoms with Crippen LogP contribution in [-0.4, -0.2) is 45.6 Å². The Kier molecular flexibility index (Phi) is 4.91. The summed E-state index contributed by atoms with van der Waals surface area (Å²) < 4.78 is 51.2. The molecule has 3 rings (SSSR count). The predicted molar refractivity (Wildman–Crippen MR) is 100 cm³/mol. The van der Waals surface area contributed by atoms with Crippen LogP contribution in [0.4, 0.5) is 11.4 Å². The highest BCUT2D eigenvalue weighted by atomic mass is 35.5. The highest BCUT2D eigenvalue weighted by Crippen LogP contribution is 2.32. The molecule has 1 aliphatic heterocycles. The Hall–Kier alpha value is -1.81. The van der Waals surface area contributed by atoms with Crippen molar-refractivity contribution in [2.24, 2.45) is 0 Å². The van der Waals surface area contributed by atoms with Gasteiger partial charge in [0.05, 0.1) is 34.2 Å². The molecule has 2 aromatic rings. The van der Waals surface area contributed by atoms with Crippen molar-refractivity contribution in [1.82, 2.24) is 0 Å². The van der Waals surface area contributed by atoms with Gasteiger partial charge < -0.3 is 10.8 Å². The van der Waals surface area contributed by atoms with E-state index in [1.54, 1.807) is 0 Å². The summed E-state index contributed by atoms with van der Waals surface area (Å²) in [6, 6.07) is 10.3. The molecule has 2 atom stereocenters. The number of sulfonamides is 1. The number of anilines is 2. The average molecular weight is 417 g/mol. The smallest absolute Gasteiger partial charge is 0.264 e. The summed E-state index contributed by atoms with van der Waals surface area (Å²) >= 11 is 5.82. The number of aliphatic hydroxyl groups excluding tert-OH is 1. The molecule has 140 valence electrons. The summed E-state index contributed by atoms with van der Waals surface area (Å²) in [7, 11) is -7.70. The summed E-state index contributed by atoms with van der Waals surface area (Å²) in [5.41, 5.74) is 6.31. The van der Waals surface area contributed by atoms with Gasteiger partial charge in [-0.2, -0.15) is 0 Å². The number of aliphatic hydroxyl groups is 1. The molecular weight excluding hydrogens is 400 g/mol. The van der Waals surface area contributed by atoms with Crippen LogP contribution in [-0.2, 0) is 19.9 Å². The SMILES string of the molecule is Nc1ccc(N([C@@H]2CS(=O)(=O)C[C@@H]2O)S(=O)(=O)c2ccc(Cl)cc2)cc1. The topological polar surface area (TPSA) is 118 Å². The fourth-order valence-electron chi connectivity index (χ4n) is 2.88. The van der Waals surface area contributed by atoms with E-state index in [-0.39, 0.29) is 10.6 Å². The first-order chi connectivity index (χ1) is 12.1. The van der Waals surface area contributed by atoms with Crippen LogP contribution < -0.4 is 10.0 Å². The minimum Gasteiger partial charge on any atom is -0.399 e. The van der Waals surface area contributed by atoms with Crippen LogP contribution in [0.5, 0.6) is 0 Å². The van der Waals surface area contributed by atoms with Crippen LogP contribution in [0.1, 0.15) is 0 Å². The third kappa shape index (κ3) is 3.66. The zero-order valence-electron chi connectivity index (χ0n) is 13.5. The molecule has 2 aromatic carbocycles. The van der Waals surface area contributed by atoms with Crippen molar-refractivity contribution in [3.63, 3.8) is 0 Å². The molecule has 1 fully saturated rings. The van der Waals surface area contributed by atoms with E-state index >= 15 is 0 Å². The lowest BCUT2D eigenvalue weighted by Gasteiger charge is -2.31. The summed E-state index contributed by atoms with van der Waals surface area (Å²) in [6.07, 6.45) is -1.33. The van der Waals surface area contributed by atoms with Gasteiger partial charge in [0, 0.05) is 10.7 Å². The first-order valence-corrected chi connectivity index (χ1v) is 11.3. The molecule has 0 bridgehead atoms. The average Bonchev–Trinajstić information content (AvgIpc) is 2.82. The third-order valence-electron chi connectivity index (χ3n) is 4.11. The lowest BCUT2D eigenvalue weighted by Crippen LogP contribution is -2.47. The second-order valence-corrected chi connectivity index (χ2v) is 10.5. The van der Waals surface area contributed by atoms with Crippen LogP contribution in [0.15, 0.2) is 53.4 Å². The Morgan fingerprint density at radius 2 is 1.62 bits per heavy atom. The second kappa shape index (κ2) is 6.73. The van der Waals surface area contributed by atoms with Gasteiger partial charge >= 0.3 is 0 Å². The summed E-state index contributed by atoms with van der Waals surface area (Å²) in [6.45, 7) is 0. The molecule has 3 N–H and O–H groups in total. The first-order valence-electron chi connectivity index (χ1n) is 7.64. The van der Waals surface area contributed by atoms with Gasteiger partial charge in [0.25, 0.3) is 10.0 Å². The summed E-state index contributed by atoms with van der Waals surface area (Å²) in [5.74, 6) is -0.954. The monoisotopic (exact) mass is 416 g/mol. The fraction of sp³-hybridized carbons (Fsp3) is 0.250. The molecular formula is C16H17ClN2O5S2.